The number of carbonyl (C=O) groups is 2. The molecule has 4 aliphatic rings. The maximum absolute atomic E-state index is 14.3. The van der Waals surface area contributed by atoms with Gasteiger partial charge in [-0.2, -0.15) is 0 Å². The molecular formula is C37H49ClN4O6S. The molecule has 6 rings (SSSR count). The van der Waals surface area contributed by atoms with E-state index in [1.165, 1.54) is 11.1 Å². The number of hydrazine groups is 1. The summed E-state index contributed by atoms with van der Waals surface area (Å²) in [5.74, 6) is 1.02. The number of amides is 3. The quantitative estimate of drug-likeness (QED) is 0.210. The van der Waals surface area contributed by atoms with Crippen molar-refractivity contribution in [3.05, 3.63) is 70.3 Å². The number of anilines is 1. The SMILES string of the molecule is COCC1(NC(=O)N/[N+]2=[S-](=O)/C[C@@H](C)C/C=C/[C@H](OC)[C@@H]3CC[C@H]3CN3Cc4ccc(Cl)cc4CCCCOc4ccc(cc43)C2=O)CC1. The lowest BCUT2D eigenvalue weighted by Gasteiger charge is -2.43. The maximum Gasteiger partial charge on any atom is 0.427 e. The summed E-state index contributed by atoms with van der Waals surface area (Å²) in [7, 11) is 1.50. The van der Waals surface area contributed by atoms with Crippen LogP contribution in [0.15, 0.2) is 48.6 Å². The summed E-state index contributed by atoms with van der Waals surface area (Å²) in [5, 5.41) is 3.65. The Morgan fingerprint density at radius 3 is 2.71 bits per heavy atom. The van der Waals surface area contributed by atoms with Crippen LogP contribution in [0, 0.1) is 17.8 Å². The highest BCUT2D eigenvalue weighted by molar-refractivity contribution is 7.72. The maximum atomic E-state index is 14.3. The number of nitrogens with zero attached hydrogens (tertiary/aromatic N) is 2. The Hall–Kier alpha value is -3.12. The van der Waals surface area contributed by atoms with Gasteiger partial charge < -0.3 is 28.6 Å². The Labute approximate surface area is 296 Å². The third-order valence-electron chi connectivity index (χ3n) is 10.3. The Bertz CT molecular complexity index is 1660. The van der Waals surface area contributed by atoms with Gasteiger partial charge in [0.25, 0.3) is 0 Å². The largest absolute Gasteiger partial charge is 0.491 e. The molecule has 4 atom stereocenters. The first kappa shape index (κ1) is 35.7. The molecule has 0 aromatic heterocycles. The molecule has 2 aliphatic heterocycles. The Kier molecular flexibility index (Phi) is 11.5. The average molecular weight is 713 g/mol. The molecule has 2 aliphatic carbocycles. The van der Waals surface area contributed by atoms with Gasteiger partial charge in [-0.1, -0.05) is 42.7 Å². The highest BCUT2D eigenvalue weighted by atomic mass is 35.5. The van der Waals surface area contributed by atoms with E-state index >= 15 is 0 Å². The van der Waals surface area contributed by atoms with Crippen molar-refractivity contribution in [2.45, 2.75) is 76.5 Å². The van der Waals surface area contributed by atoms with Gasteiger partial charge in [0.1, 0.15) is 5.75 Å². The minimum Gasteiger partial charge on any atom is -0.491 e. The zero-order valence-corrected chi connectivity index (χ0v) is 30.3. The van der Waals surface area contributed by atoms with Crippen molar-refractivity contribution in [1.82, 2.24) is 10.7 Å². The molecule has 2 heterocycles. The predicted molar refractivity (Wildman–Crippen MR) is 190 cm³/mol. The van der Waals surface area contributed by atoms with Crippen molar-refractivity contribution < 1.29 is 32.1 Å². The van der Waals surface area contributed by atoms with Crippen molar-refractivity contribution >= 4 is 39.8 Å². The lowest BCUT2D eigenvalue weighted by molar-refractivity contribution is -0.452. The van der Waals surface area contributed by atoms with Crippen LogP contribution in [-0.4, -0.2) is 67.4 Å². The van der Waals surface area contributed by atoms with Crippen LogP contribution in [0.4, 0.5) is 10.5 Å². The van der Waals surface area contributed by atoms with Gasteiger partial charge in [-0.05, 0) is 110 Å². The molecule has 0 unspecified atom stereocenters. The number of carbonyl (C=O) groups excluding carboxylic acids is 2. The van der Waals surface area contributed by atoms with E-state index in [4.69, 9.17) is 25.8 Å². The van der Waals surface area contributed by atoms with Crippen LogP contribution in [-0.2, 0) is 37.2 Å². The standard InChI is InChI=1S/C37H49ClN4O6S/c1-25-7-6-9-33(47-3)31-14-11-29(31)22-41-21-28-10-13-30(38)19-26(28)8-4-5-18-48-34-15-12-27(20-32(34)41)35(43)42(49(45)23-25)40-36(44)39-37(16-17-37)24-46-2/h6,9-10,12-13,15,19-20,25,29,31,33H,4-5,7-8,11,14,16-18,21-24H2,1-3H3,(H2,39,40,44)/b9-6+/t25-,29-,31+,33-/m0/s1. The molecule has 0 saturated heterocycles. The molecule has 2 bridgehead atoms. The second-order valence-electron chi connectivity index (χ2n) is 14.1. The highest BCUT2D eigenvalue weighted by Crippen LogP contribution is 2.42. The lowest BCUT2D eigenvalue weighted by Crippen LogP contribution is -2.50. The number of rotatable bonds is 5. The van der Waals surface area contributed by atoms with Gasteiger partial charge in [0.05, 0.1) is 36.1 Å². The lowest BCUT2D eigenvalue weighted by atomic mass is 9.70. The Balaban J connectivity index is 1.43. The number of halogens is 1. The number of benzene rings is 2. The summed E-state index contributed by atoms with van der Waals surface area (Å²) in [4.78, 5) is 29.9. The fourth-order valence-electron chi connectivity index (χ4n) is 7.22. The van der Waals surface area contributed by atoms with Crippen molar-refractivity contribution in [3.63, 3.8) is 0 Å². The number of aryl methyl sites for hydroxylation is 1. The number of methoxy groups -OCH3 is 2. The molecule has 49 heavy (non-hydrogen) atoms. The molecule has 2 fully saturated rings. The molecule has 2 N–H and O–H groups in total. The van der Waals surface area contributed by atoms with Gasteiger partial charge in [0.2, 0.25) is 0 Å². The number of fused-ring (bicyclic) bond motifs is 3. The van der Waals surface area contributed by atoms with Gasteiger partial charge in [-0.3, -0.25) is 0 Å². The van der Waals surface area contributed by atoms with Crippen LogP contribution in [0.5, 0.6) is 5.75 Å². The van der Waals surface area contributed by atoms with E-state index in [1.54, 1.807) is 20.3 Å². The van der Waals surface area contributed by atoms with Crippen LogP contribution < -0.4 is 20.4 Å². The van der Waals surface area contributed by atoms with Crippen LogP contribution in [0.3, 0.4) is 0 Å². The van der Waals surface area contributed by atoms with Crippen LogP contribution in [0.25, 0.3) is 0 Å². The monoisotopic (exact) mass is 712 g/mol. The molecule has 2 aromatic carbocycles. The fraction of sp³-hybridized carbons (Fsp3) is 0.568. The summed E-state index contributed by atoms with van der Waals surface area (Å²) in [6, 6.07) is 10.9. The zero-order chi connectivity index (χ0) is 34.5. The molecule has 0 spiro atoms. The van der Waals surface area contributed by atoms with Crippen molar-refractivity contribution in [2.24, 2.45) is 17.8 Å². The number of hydrogen-bond donors (Lipinski definition) is 2. The van der Waals surface area contributed by atoms with E-state index in [0.717, 1.165) is 61.2 Å². The molecule has 2 aromatic rings. The fourth-order valence-corrected chi connectivity index (χ4v) is 8.67. The number of ether oxygens (including phenoxy) is 3. The predicted octanol–water partition coefficient (Wildman–Crippen LogP) is 6.39. The summed E-state index contributed by atoms with van der Waals surface area (Å²) < 4.78 is 32.6. The molecule has 3 amide bonds. The zero-order valence-electron chi connectivity index (χ0n) is 28.8. The summed E-state index contributed by atoms with van der Waals surface area (Å²) in [6.07, 6.45) is 11.3. The Morgan fingerprint density at radius 1 is 1.14 bits per heavy atom. The summed E-state index contributed by atoms with van der Waals surface area (Å²) >= 11 is 6.47. The summed E-state index contributed by atoms with van der Waals surface area (Å²) in [6.45, 7) is 4.24. The van der Waals surface area contributed by atoms with E-state index in [-0.39, 0.29) is 17.8 Å². The van der Waals surface area contributed by atoms with Gasteiger partial charge in [0, 0.05) is 42.9 Å². The van der Waals surface area contributed by atoms with Crippen LogP contribution >= 0.6 is 11.6 Å². The van der Waals surface area contributed by atoms with Gasteiger partial charge in [-0.15, -0.1) is 9.48 Å². The smallest absolute Gasteiger partial charge is 0.427 e. The van der Waals surface area contributed by atoms with E-state index in [1.807, 2.05) is 25.1 Å². The number of nitrogens with one attached hydrogen (secondary N) is 2. The molecule has 10 nitrogen and oxygen atoms in total. The molecule has 2 saturated carbocycles. The topological polar surface area (TPSA) is 109 Å². The van der Waals surface area contributed by atoms with E-state index in [2.05, 4.69) is 39.9 Å². The minimum absolute atomic E-state index is 0.0204. The van der Waals surface area contributed by atoms with Crippen molar-refractivity contribution in [1.29, 1.82) is 0 Å². The van der Waals surface area contributed by atoms with Gasteiger partial charge in [0.15, 0.2) is 0 Å². The second kappa shape index (κ2) is 15.8. The molecule has 12 heteroatoms. The first-order valence-corrected chi connectivity index (χ1v) is 19.1. The van der Waals surface area contributed by atoms with E-state index in [0.29, 0.717) is 54.4 Å². The first-order chi connectivity index (χ1) is 23.7. The van der Waals surface area contributed by atoms with Gasteiger partial charge >= 0.3 is 11.9 Å². The van der Waals surface area contributed by atoms with Crippen molar-refractivity contribution in [3.8, 4) is 5.75 Å². The third-order valence-corrected chi connectivity index (χ3v) is 12.1. The van der Waals surface area contributed by atoms with E-state index < -0.39 is 28.1 Å². The first-order valence-electron chi connectivity index (χ1n) is 17.5. The molecule has 0 radical (unpaired) electrons. The normalized spacial score (nSPS) is 28.4. The number of hydrogen-bond acceptors (Lipinski definition) is 8. The molecule has 266 valence electrons. The Morgan fingerprint density at radius 2 is 1.98 bits per heavy atom. The van der Waals surface area contributed by atoms with Gasteiger partial charge in [-0.25, -0.2) is 9.59 Å². The minimum atomic E-state index is -1.85. The summed E-state index contributed by atoms with van der Waals surface area (Å²) in [5.41, 5.74) is 5.66. The van der Waals surface area contributed by atoms with Crippen LogP contribution in [0.1, 0.15) is 73.4 Å². The third kappa shape index (κ3) is 8.61. The number of allylic oxidation sites excluding steroid dienone is 1. The van der Waals surface area contributed by atoms with Crippen LogP contribution in [0.2, 0.25) is 5.02 Å². The second-order valence-corrected chi connectivity index (χ2v) is 15.9. The van der Waals surface area contributed by atoms with Crippen molar-refractivity contribution in [2.75, 3.05) is 44.6 Å². The average Bonchev–Trinajstić information content (AvgIpc) is 3.82. The highest BCUT2D eigenvalue weighted by Gasteiger charge is 2.45. The van der Waals surface area contributed by atoms with E-state index in [9.17, 15) is 13.8 Å². The molecular weight excluding hydrogens is 664 g/mol. The number of urea groups is 1.